The summed E-state index contributed by atoms with van der Waals surface area (Å²) < 4.78 is 13.2. The molecule has 0 radical (unpaired) electrons. The predicted octanol–water partition coefficient (Wildman–Crippen LogP) is 3.10. The number of anilines is 1. The van der Waals surface area contributed by atoms with Crippen LogP contribution in [0.15, 0.2) is 54.6 Å². The minimum absolute atomic E-state index is 0.385. The number of hydrogen-bond acceptors (Lipinski definition) is 2. The van der Waals surface area contributed by atoms with Crippen molar-refractivity contribution >= 4 is 11.6 Å². The van der Waals surface area contributed by atoms with Crippen LogP contribution in [0.1, 0.15) is 11.5 Å². The van der Waals surface area contributed by atoms with E-state index in [1.807, 2.05) is 12.1 Å². The molecule has 2 aromatic rings. The molecular formula is C16H13FN2O. The van der Waals surface area contributed by atoms with Gasteiger partial charge < -0.3 is 4.90 Å². The van der Waals surface area contributed by atoms with Gasteiger partial charge in [0.05, 0.1) is 6.07 Å². The van der Waals surface area contributed by atoms with Gasteiger partial charge in [-0.1, -0.05) is 36.4 Å². The number of benzene rings is 2. The average molecular weight is 268 g/mol. The third kappa shape index (κ3) is 2.83. The third-order valence-corrected chi connectivity index (χ3v) is 3.04. The highest BCUT2D eigenvalue weighted by molar-refractivity contribution is 5.99. The Morgan fingerprint density at radius 3 is 2.50 bits per heavy atom. The SMILES string of the molecule is CN(C(=O)C(C#N)c1ccccc1)c1cccc(F)c1. The van der Waals surface area contributed by atoms with Crippen LogP contribution in [-0.2, 0) is 4.79 Å². The minimum Gasteiger partial charge on any atom is -0.314 e. The fourth-order valence-electron chi connectivity index (χ4n) is 1.92. The van der Waals surface area contributed by atoms with Crippen LogP contribution in [0, 0.1) is 17.1 Å². The first-order valence-corrected chi connectivity index (χ1v) is 6.11. The summed E-state index contributed by atoms with van der Waals surface area (Å²) in [7, 11) is 1.53. The van der Waals surface area contributed by atoms with Gasteiger partial charge in [-0.3, -0.25) is 4.79 Å². The van der Waals surface area contributed by atoms with Crippen molar-refractivity contribution in [2.75, 3.05) is 11.9 Å². The van der Waals surface area contributed by atoms with E-state index in [2.05, 4.69) is 0 Å². The molecule has 0 aliphatic heterocycles. The van der Waals surface area contributed by atoms with Crippen molar-refractivity contribution in [2.24, 2.45) is 0 Å². The summed E-state index contributed by atoms with van der Waals surface area (Å²) in [5, 5.41) is 9.23. The minimum atomic E-state index is -0.899. The molecule has 100 valence electrons. The largest absolute Gasteiger partial charge is 0.314 e. The average Bonchev–Trinajstić information content (AvgIpc) is 2.48. The number of hydrogen-bond donors (Lipinski definition) is 0. The molecule has 0 heterocycles. The molecule has 1 atom stereocenters. The second kappa shape index (κ2) is 5.98. The fraction of sp³-hybridized carbons (Fsp3) is 0.125. The van der Waals surface area contributed by atoms with Crippen LogP contribution in [0.5, 0.6) is 0 Å². The number of rotatable bonds is 3. The van der Waals surface area contributed by atoms with E-state index in [0.717, 1.165) is 0 Å². The zero-order valence-corrected chi connectivity index (χ0v) is 11.0. The van der Waals surface area contributed by atoms with Gasteiger partial charge in [-0.15, -0.1) is 0 Å². The number of carbonyl (C=O) groups is 1. The molecule has 1 unspecified atom stereocenters. The molecule has 0 bridgehead atoms. The summed E-state index contributed by atoms with van der Waals surface area (Å²) in [4.78, 5) is 13.7. The Bertz CT molecular complexity index is 649. The molecule has 2 rings (SSSR count). The summed E-state index contributed by atoms with van der Waals surface area (Å²) >= 11 is 0. The van der Waals surface area contributed by atoms with E-state index >= 15 is 0 Å². The number of likely N-dealkylation sites (N-methyl/N-ethyl adjacent to an activating group) is 1. The van der Waals surface area contributed by atoms with Gasteiger partial charge >= 0.3 is 0 Å². The normalized spacial score (nSPS) is 11.4. The number of nitrogens with zero attached hydrogens (tertiary/aromatic N) is 2. The lowest BCUT2D eigenvalue weighted by Gasteiger charge is -2.20. The van der Waals surface area contributed by atoms with Crippen LogP contribution in [-0.4, -0.2) is 13.0 Å². The van der Waals surface area contributed by atoms with Crippen molar-refractivity contribution in [2.45, 2.75) is 5.92 Å². The molecule has 0 spiro atoms. The van der Waals surface area contributed by atoms with Crippen molar-refractivity contribution in [1.29, 1.82) is 5.26 Å². The zero-order chi connectivity index (χ0) is 14.5. The maximum Gasteiger partial charge on any atom is 0.248 e. The van der Waals surface area contributed by atoms with E-state index in [-0.39, 0.29) is 5.91 Å². The smallest absolute Gasteiger partial charge is 0.248 e. The third-order valence-electron chi connectivity index (χ3n) is 3.04. The van der Waals surface area contributed by atoms with E-state index in [1.165, 1.54) is 30.1 Å². The molecule has 2 aromatic carbocycles. The fourth-order valence-corrected chi connectivity index (χ4v) is 1.92. The Labute approximate surface area is 116 Å². The quantitative estimate of drug-likeness (QED) is 0.858. The van der Waals surface area contributed by atoms with Crippen LogP contribution in [0.4, 0.5) is 10.1 Å². The molecule has 0 fully saturated rings. The highest BCUT2D eigenvalue weighted by Crippen LogP contribution is 2.21. The molecule has 0 N–H and O–H groups in total. The Morgan fingerprint density at radius 1 is 1.20 bits per heavy atom. The van der Waals surface area contributed by atoms with Gasteiger partial charge in [0.25, 0.3) is 0 Å². The van der Waals surface area contributed by atoms with Gasteiger partial charge in [0.15, 0.2) is 5.92 Å². The molecule has 20 heavy (non-hydrogen) atoms. The lowest BCUT2D eigenvalue weighted by Crippen LogP contribution is -2.31. The topological polar surface area (TPSA) is 44.1 Å². The predicted molar refractivity (Wildman–Crippen MR) is 74.6 cm³/mol. The van der Waals surface area contributed by atoms with E-state index in [1.54, 1.807) is 30.3 Å². The van der Waals surface area contributed by atoms with Crippen molar-refractivity contribution in [3.8, 4) is 6.07 Å². The number of amides is 1. The van der Waals surface area contributed by atoms with E-state index in [4.69, 9.17) is 0 Å². The lowest BCUT2D eigenvalue weighted by molar-refractivity contribution is -0.118. The van der Waals surface area contributed by atoms with Crippen LogP contribution in [0.25, 0.3) is 0 Å². The molecular weight excluding hydrogens is 255 g/mol. The molecule has 3 nitrogen and oxygen atoms in total. The monoisotopic (exact) mass is 268 g/mol. The zero-order valence-electron chi connectivity index (χ0n) is 11.0. The van der Waals surface area contributed by atoms with Crippen molar-refractivity contribution < 1.29 is 9.18 Å². The number of nitriles is 1. The van der Waals surface area contributed by atoms with E-state index in [9.17, 15) is 14.4 Å². The first kappa shape index (κ1) is 13.8. The Balaban J connectivity index is 2.28. The van der Waals surface area contributed by atoms with Crippen molar-refractivity contribution in [3.63, 3.8) is 0 Å². The first-order valence-electron chi connectivity index (χ1n) is 6.11. The van der Waals surface area contributed by atoms with E-state index < -0.39 is 11.7 Å². The van der Waals surface area contributed by atoms with Crippen LogP contribution in [0.3, 0.4) is 0 Å². The van der Waals surface area contributed by atoms with Gasteiger partial charge in [-0.25, -0.2) is 4.39 Å². The highest BCUT2D eigenvalue weighted by atomic mass is 19.1. The standard InChI is InChI=1S/C16H13FN2O/c1-19(14-9-5-8-13(17)10-14)16(20)15(11-18)12-6-3-2-4-7-12/h2-10,15H,1H3. The van der Waals surface area contributed by atoms with Crippen LogP contribution >= 0.6 is 0 Å². The summed E-state index contributed by atoms with van der Waals surface area (Å²) in [6.07, 6.45) is 0. The van der Waals surface area contributed by atoms with Gasteiger partial charge in [0.1, 0.15) is 5.82 Å². The number of halogens is 1. The Kier molecular flexibility index (Phi) is 4.11. The summed E-state index contributed by atoms with van der Waals surface area (Å²) in [6, 6.07) is 16.5. The highest BCUT2D eigenvalue weighted by Gasteiger charge is 2.24. The maximum atomic E-state index is 13.2. The van der Waals surface area contributed by atoms with Crippen molar-refractivity contribution in [3.05, 3.63) is 66.0 Å². The van der Waals surface area contributed by atoms with Crippen LogP contribution < -0.4 is 4.90 Å². The van der Waals surface area contributed by atoms with E-state index in [0.29, 0.717) is 11.3 Å². The van der Waals surface area contributed by atoms with Gasteiger partial charge in [0.2, 0.25) is 5.91 Å². The maximum absolute atomic E-state index is 13.2. The molecule has 0 saturated heterocycles. The van der Waals surface area contributed by atoms with Gasteiger partial charge in [0, 0.05) is 12.7 Å². The lowest BCUT2D eigenvalue weighted by atomic mass is 9.99. The summed E-state index contributed by atoms with van der Waals surface area (Å²) in [5.41, 5.74) is 1.05. The van der Waals surface area contributed by atoms with Gasteiger partial charge in [-0.2, -0.15) is 5.26 Å². The summed E-state index contributed by atoms with van der Waals surface area (Å²) in [5.74, 6) is -1.70. The van der Waals surface area contributed by atoms with Gasteiger partial charge in [-0.05, 0) is 23.8 Å². The molecule has 0 aliphatic carbocycles. The molecule has 0 aliphatic rings. The number of carbonyl (C=O) groups excluding carboxylic acids is 1. The molecule has 1 amide bonds. The molecule has 0 aromatic heterocycles. The second-order valence-electron chi connectivity index (χ2n) is 4.35. The molecule has 0 saturated carbocycles. The Hall–Kier alpha value is -2.67. The molecule has 4 heteroatoms. The second-order valence-corrected chi connectivity index (χ2v) is 4.35. The first-order chi connectivity index (χ1) is 9.63. The van der Waals surface area contributed by atoms with Crippen molar-refractivity contribution in [1.82, 2.24) is 0 Å². The van der Waals surface area contributed by atoms with Crippen LogP contribution in [0.2, 0.25) is 0 Å². The summed E-state index contributed by atoms with van der Waals surface area (Å²) in [6.45, 7) is 0. The Morgan fingerprint density at radius 2 is 1.90 bits per heavy atom.